The van der Waals surface area contributed by atoms with Crippen LogP contribution in [-0.2, 0) is 5.11 Å². The fourth-order valence-electron chi connectivity index (χ4n) is 0.437. The van der Waals surface area contributed by atoms with E-state index in [1.807, 2.05) is 11.8 Å². The first-order chi connectivity index (χ1) is 4.06. The molecule has 0 saturated carbocycles. The van der Waals surface area contributed by atoms with Gasteiger partial charge in [0.05, 0.1) is 6.61 Å². The molecule has 0 atom stereocenters. The normalized spacial score (nSPS) is 12.0. The van der Waals surface area contributed by atoms with E-state index in [4.69, 9.17) is 0 Å². The third-order valence-electron chi connectivity index (χ3n) is 0.824. The van der Waals surface area contributed by atoms with E-state index in [1.54, 1.807) is 0 Å². The molecule has 0 heterocycles. The van der Waals surface area contributed by atoms with Gasteiger partial charge in [-0.05, 0) is 12.2 Å². The molecule has 0 spiro atoms. The van der Waals surface area contributed by atoms with Gasteiger partial charge in [0.25, 0.3) is 0 Å². The Morgan fingerprint density at radius 3 is 2.22 bits per heavy atom. The lowest BCUT2D eigenvalue weighted by Crippen LogP contribution is -2.08. The van der Waals surface area contributed by atoms with Crippen molar-refractivity contribution in [1.82, 2.24) is 0 Å². The van der Waals surface area contributed by atoms with Crippen molar-refractivity contribution >= 4 is 11.8 Å². The van der Waals surface area contributed by atoms with Crippen LogP contribution >= 0.6 is 11.8 Å². The van der Waals surface area contributed by atoms with Gasteiger partial charge in [-0.2, -0.15) is 11.8 Å². The van der Waals surface area contributed by atoms with E-state index >= 15 is 0 Å². The molecule has 0 N–H and O–H groups in total. The molecule has 0 rings (SSSR count). The van der Waals surface area contributed by atoms with Crippen LogP contribution in [0.15, 0.2) is 0 Å². The highest BCUT2D eigenvalue weighted by molar-refractivity contribution is 8.00. The van der Waals surface area contributed by atoms with Gasteiger partial charge in [-0.3, -0.25) is 0 Å². The monoisotopic (exact) mass is 147 g/mol. The van der Waals surface area contributed by atoms with Gasteiger partial charge < -0.3 is 0 Å². The van der Waals surface area contributed by atoms with Crippen LogP contribution in [0.1, 0.15) is 27.2 Å². The van der Waals surface area contributed by atoms with Gasteiger partial charge >= 0.3 is 0 Å². The quantitative estimate of drug-likeness (QED) is 0.561. The predicted octanol–water partition coefficient (Wildman–Crippen LogP) is 2.34. The molecule has 55 valence electrons. The van der Waals surface area contributed by atoms with Crippen LogP contribution in [-0.4, -0.2) is 17.1 Å². The first-order valence-electron chi connectivity index (χ1n) is 3.28. The highest BCUT2D eigenvalue weighted by atomic mass is 32.2. The molecule has 0 saturated heterocycles. The van der Waals surface area contributed by atoms with Crippen molar-refractivity contribution in [2.24, 2.45) is 0 Å². The summed E-state index contributed by atoms with van der Waals surface area (Å²) in [7, 11) is 0. The molecule has 0 fully saturated rings. The van der Waals surface area contributed by atoms with Crippen molar-refractivity contribution in [3.05, 3.63) is 0 Å². The second-order valence-corrected chi connectivity index (χ2v) is 4.94. The summed E-state index contributed by atoms with van der Waals surface area (Å²) in [5, 5.41) is 10.0. The molecule has 0 aromatic rings. The van der Waals surface area contributed by atoms with Crippen molar-refractivity contribution in [3.8, 4) is 0 Å². The molecule has 0 bridgehead atoms. The Hall–Kier alpha value is 0.310. The highest BCUT2D eigenvalue weighted by Gasteiger charge is 2.08. The molecule has 0 unspecified atom stereocenters. The van der Waals surface area contributed by atoms with E-state index < -0.39 is 0 Å². The third-order valence-corrected chi connectivity index (χ3v) is 2.18. The molecule has 9 heavy (non-hydrogen) atoms. The zero-order valence-electron chi connectivity index (χ0n) is 6.44. The van der Waals surface area contributed by atoms with Crippen molar-refractivity contribution < 1.29 is 5.11 Å². The Balaban J connectivity index is 3.07. The zero-order valence-corrected chi connectivity index (χ0v) is 7.25. The van der Waals surface area contributed by atoms with Gasteiger partial charge in [-0.1, -0.05) is 20.8 Å². The molecule has 2 heteroatoms. The van der Waals surface area contributed by atoms with E-state index in [9.17, 15) is 5.11 Å². The van der Waals surface area contributed by atoms with Crippen LogP contribution in [0.4, 0.5) is 0 Å². The van der Waals surface area contributed by atoms with E-state index in [0.717, 1.165) is 12.2 Å². The van der Waals surface area contributed by atoms with Crippen LogP contribution in [0.5, 0.6) is 0 Å². The van der Waals surface area contributed by atoms with Crippen LogP contribution in [0, 0.1) is 0 Å². The Bertz CT molecular complexity index is 65.8. The molecule has 0 aromatic heterocycles. The summed E-state index contributed by atoms with van der Waals surface area (Å²) in [5.41, 5.74) is 0. The van der Waals surface area contributed by atoms with Crippen molar-refractivity contribution in [1.29, 1.82) is 0 Å². The minimum absolute atomic E-state index is 0.0725. The SMILES string of the molecule is CC(C)(C)SCCC[O]. The van der Waals surface area contributed by atoms with Crippen molar-refractivity contribution in [2.75, 3.05) is 12.4 Å². The fourth-order valence-corrected chi connectivity index (χ4v) is 1.31. The second kappa shape index (κ2) is 4.18. The standard InChI is InChI=1S/C7H15OS/c1-7(2,3)9-6-4-5-8/h4-6H2,1-3H3. The van der Waals surface area contributed by atoms with Gasteiger partial charge in [-0.15, -0.1) is 0 Å². The summed E-state index contributed by atoms with van der Waals surface area (Å²) < 4.78 is 0.329. The Morgan fingerprint density at radius 2 is 1.89 bits per heavy atom. The molecule has 0 aromatic carbocycles. The average molecular weight is 147 g/mol. The van der Waals surface area contributed by atoms with Gasteiger partial charge in [0.2, 0.25) is 0 Å². The number of rotatable bonds is 3. The number of hydrogen-bond donors (Lipinski definition) is 0. The van der Waals surface area contributed by atoms with Crippen molar-refractivity contribution in [2.45, 2.75) is 31.9 Å². The van der Waals surface area contributed by atoms with Gasteiger partial charge in [0.1, 0.15) is 0 Å². The van der Waals surface area contributed by atoms with Crippen molar-refractivity contribution in [3.63, 3.8) is 0 Å². The minimum atomic E-state index is 0.0725. The maximum atomic E-state index is 10.0. The summed E-state index contributed by atoms with van der Waals surface area (Å²) in [6, 6.07) is 0. The minimum Gasteiger partial charge on any atom is -0.237 e. The van der Waals surface area contributed by atoms with E-state index in [-0.39, 0.29) is 6.61 Å². The molecule has 1 nitrogen and oxygen atoms in total. The molecular formula is C7H15OS. The van der Waals surface area contributed by atoms with Gasteiger partial charge in [0.15, 0.2) is 0 Å². The maximum Gasteiger partial charge on any atom is 0.0830 e. The second-order valence-electron chi connectivity index (χ2n) is 3.02. The lowest BCUT2D eigenvalue weighted by Gasteiger charge is -2.16. The highest BCUT2D eigenvalue weighted by Crippen LogP contribution is 2.23. The number of thioether (sulfide) groups is 1. The Kier molecular flexibility index (Phi) is 4.32. The number of hydrogen-bond acceptors (Lipinski definition) is 1. The Labute approximate surface area is 61.8 Å². The van der Waals surface area contributed by atoms with Crippen LogP contribution in [0.25, 0.3) is 0 Å². The molecule has 0 amide bonds. The lowest BCUT2D eigenvalue weighted by atomic mass is 10.3. The molecule has 0 aliphatic heterocycles. The molecular weight excluding hydrogens is 132 g/mol. The summed E-state index contributed by atoms with van der Waals surface area (Å²) in [4.78, 5) is 0. The fraction of sp³-hybridized carbons (Fsp3) is 1.00. The molecule has 1 radical (unpaired) electrons. The molecule has 0 aliphatic rings. The Morgan fingerprint density at radius 1 is 1.33 bits per heavy atom. The average Bonchev–Trinajstić information content (AvgIpc) is 1.63. The van der Waals surface area contributed by atoms with Gasteiger partial charge in [-0.25, -0.2) is 5.11 Å². The topological polar surface area (TPSA) is 19.9 Å². The summed E-state index contributed by atoms with van der Waals surface area (Å²) >= 11 is 1.86. The summed E-state index contributed by atoms with van der Waals surface area (Å²) in [6.07, 6.45) is 0.807. The van der Waals surface area contributed by atoms with Crippen LogP contribution in [0.2, 0.25) is 0 Å². The lowest BCUT2D eigenvalue weighted by molar-refractivity contribution is 0.194. The largest absolute Gasteiger partial charge is 0.237 e. The van der Waals surface area contributed by atoms with E-state index in [1.165, 1.54) is 0 Å². The first kappa shape index (κ1) is 9.31. The summed E-state index contributed by atoms with van der Waals surface area (Å²) in [5.74, 6) is 1.01. The van der Waals surface area contributed by atoms with Crippen LogP contribution in [0.3, 0.4) is 0 Å². The predicted molar refractivity (Wildman–Crippen MR) is 42.4 cm³/mol. The van der Waals surface area contributed by atoms with Gasteiger partial charge in [0, 0.05) is 4.75 Å². The molecule has 0 aliphatic carbocycles. The zero-order chi connectivity index (χ0) is 7.33. The van der Waals surface area contributed by atoms with Crippen LogP contribution < -0.4 is 0 Å². The maximum absolute atomic E-state index is 10.0. The third kappa shape index (κ3) is 8.31. The smallest absolute Gasteiger partial charge is 0.0830 e. The van der Waals surface area contributed by atoms with E-state index in [0.29, 0.717) is 4.75 Å². The summed E-state index contributed by atoms with van der Waals surface area (Å²) in [6.45, 7) is 6.58. The van der Waals surface area contributed by atoms with E-state index in [2.05, 4.69) is 20.8 Å². The first-order valence-corrected chi connectivity index (χ1v) is 4.27.